The van der Waals surface area contributed by atoms with Gasteiger partial charge in [-0.3, -0.25) is 9.11 Å². The monoisotopic (exact) mass is 860 g/mol. The number of aryl methyl sites for hydroxylation is 1. The zero-order chi connectivity index (χ0) is 43.5. The van der Waals surface area contributed by atoms with Crippen LogP contribution in [-0.2, 0) is 20.2 Å². The van der Waals surface area contributed by atoms with Crippen LogP contribution in [0.1, 0.15) is 5.56 Å². The molecule has 0 saturated heterocycles. The van der Waals surface area contributed by atoms with Crippen molar-refractivity contribution >= 4 is 99.3 Å². The van der Waals surface area contributed by atoms with Crippen LogP contribution < -0.4 is 21.3 Å². The van der Waals surface area contributed by atoms with E-state index in [1.54, 1.807) is 79.7 Å². The van der Waals surface area contributed by atoms with E-state index in [1.807, 2.05) is 0 Å². The summed E-state index contributed by atoms with van der Waals surface area (Å²) in [6, 6.07) is 30.6. The lowest BCUT2D eigenvalue weighted by Crippen LogP contribution is -2.21. The van der Waals surface area contributed by atoms with E-state index in [0.717, 1.165) is 12.1 Å². The summed E-state index contributed by atoms with van der Waals surface area (Å²) < 4.78 is 69.1. The summed E-state index contributed by atoms with van der Waals surface area (Å²) in [4.78, 5) is 24.8. The average Bonchev–Trinajstić information content (AvgIpc) is 3.21. The van der Waals surface area contributed by atoms with Gasteiger partial charge in [-0.15, -0.1) is 10.2 Å². The van der Waals surface area contributed by atoms with E-state index >= 15 is 0 Å². The number of urea groups is 2. The van der Waals surface area contributed by atoms with Gasteiger partial charge >= 0.3 is 12.1 Å². The van der Waals surface area contributed by atoms with E-state index in [-0.39, 0.29) is 38.6 Å². The van der Waals surface area contributed by atoms with Gasteiger partial charge in [0.1, 0.15) is 21.2 Å². The Kier molecular flexibility index (Phi) is 11.4. The third kappa shape index (κ3) is 9.58. The fraction of sp³-hybridized carbons (Fsp3) is 0.0244. The Balaban J connectivity index is 1.05. The summed E-state index contributed by atoms with van der Waals surface area (Å²) in [6.45, 7) is 1.71. The molecule has 0 radical (unpaired) electrons. The maximum atomic E-state index is 13.1. The predicted molar refractivity (Wildman–Crippen MR) is 229 cm³/mol. The fourth-order valence-corrected chi connectivity index (χ4v) is 7.38. The van der Waals surface area contributed by atoms with Crippen LogP contribution in [0.4, 0.5) is 55.1 Å². The van der Waals surface area contributed by atoms with Crippen molar-refractivity contribution in [1.82, 2.24) is 0 Å². The number of phenols is 2. The van der Waals surface area contributed by atoms with Gasteiger partial charge in [-0.25, -0.2) is 9.59 Å². The zero-order valence-electron chi connectivity index (χ0n) is 31.5. The molecule has 0 saturated carbocycles. The molecule has 7 rings (SSSR count). The molecule has 0 spiro atoms. The van der Waals surface area contributed by atoms with Crippen LogP contribution in [0.3, 0.4) is 0 Å². The molecule has 0 heterocycles. The van der Waals surface area contributed by atoms with Gasteiger partial charge in [0.2, 0.25) is 0 Å². The third-order valence-electron chi connectivity index (χ3n) is 8.96. The minimum absolute atomic E-state index is 0.145. The molecule has 0 fully saturated rings. The zero-order valence-corrected chi connectivity index (χ0v) is 33.1. The minimum Gasteiger partial charge on any atom is -0.505 e. The normalized spacial score (nSPS) is 11.9. The first-order valence-corrected chi connectivity index (χ1v) is 20.7. The predicted octanol–water partition coefficient (Wildman–Crippen LogP) is 10.3. The second-order valence-electron chi connectivity index (χ2n) is 13.2. The van der Waals surface area contributed by atoms with Crippen molar-refractivity contribution in [3.8, 4) is 11.5 Å². The second kappa shape index (κ2) is 16.8. The van der Waals surface area contributed by atoms with E-state index in [4.69, 9.17) is 0 Å². The highest BCUT2D eigenvalue weighted by atomic mass is 32.2. The van der Waals surface area contributed by atoms with Crippen molar-refractivity contribution in [2.24, 2.45) is 20.5 Å². The van der Waals surface area contributed by atoms with Crippen molar-refractivity contribution < 1.29 is 45.7 Å². The Hall–Kier alpha value is -7.78. The van der Waals surface area contributed by atoms with Crippen molar-refractivity contribution in [2.45, 2.75) is 16.7 Å². The summed E-state index contributed by atoms with van der Waals surface area (Å²) in [5.41, 5.74) is 1.36. The molecule has 7 aromatic carbocycles. The number of rotatable bonds is 10. The molecule has 7 aromatic rings. The number of anilines is 4. The largest absolute Gasteiger partial charge is 0.505 e. The molecular formula is C41H32N8O10S2. The first kappa shape index (κ1) is 41.4. The van der Waals surface area contributed by atoms with E-state index in [2.05, 4.69) is 41.7 Å². The van der Waals surface area contributed by atoms with Crippen LogP contribution in [0.25, 0.3) is 21.5 Å². The molecule has 0 aliphatic carbocycles. The van der Waals surface area contributed by atoms with E-state index in [9.17, 15) is 45.7 Å². The van der Waals surface area contributed by atoms with Crippen LogP contribution >= 0.6 is 0 Å². The highest BCUT2D eigenvalue weighted by Crippen LogP contribution is 2.43. The topological polar surface area (TPSA) is 281 Å². The van der Waals surface area contributed by atoms with Crippen LogP contribution in [0.2, 0.25) is 0 Å². The maximum absolute atomic E-state index is 13.1. The second-order valence-corrected chi connectivity index (χ2v) is 16.0. The molecule has 61 heavy (non-hydrogen) atoms. The summed E-state index contributed by atoms with van der Waals surface area (Å²) >= 11 is 0. The van der Waals surface area contributed by atoms with Gasteiger partial charge in [0.05, 0.1) is 11.4 Å². The number of phenolic OH excluding ortho intramolecular Hbond substituents is 2. The maximum Gasteiger partial charge on any atom is 0.323 e. The summed E-state index contributed by atoms with van der Waals surface area (Å²) in [6.07, 6.45) is 0. The summed E-state index contributed by atoms with van der Waals surface area (Å²) in [5, 5.41) is 48.8. The quantitative estimate of drug-likeness (QED) is 0.0475. The van der Waals surface area contributed by atoms with Gasteiger partial charge in [0, 0.05) is 33.5 Å². The van der Waals surface area contributed by atoms with Crippen molar-refractivity contribution in [3.05, 3.63) is 133 Å². The molecule has 18 nitrogen and oxygen atoms in total. The van der Waals surface area contributed by atoms with Gasteiger partial charge < -0.3 is 31.5 Å². The lowest BCUT2D eigenvalue weighted by Gasteiger charge is -2.14. The number of fused-ring (bicyclic) bond motifs is 2. The molecule has 4 amide bonds. The number of hydrogen-bond donors (Lipinski definition) is 8. The molecule has 0 aromatic heterocycles. The van der Waals surface area contributed by atoms with E-state index in [0.29, 0.717) is 22.6 Å². The highest BCUT2D eigenvalue weighted by molar-refractivity contribution is 7.86. The van der Waals surface area contributed by atoms with Crippen molar-refractivity contribution in [2.75, 3.05) is 21.3 Å². The van der Waals surface area contributed by atoms with Gasteiger partial charge in [0.25, 0.3) is 20.2 Å². The lowest BCUT2D eigenvalue weighted by atomic mass is 10.1. The molecule has 8 N–H and O–H groups in total. The van der Waals surface area contributed by atoms with E-state index < -0.39 is 65.0 Å². The lowest BCUT2D eigenvalue weighted by molar-refractivity contribution is 0.261. The first-order valence-electron chi connectivity index (χ1n) is 17.8. The van der Waals surface area contributed by atoms with Gasteiger partial charge in [-0.1, -0.05) is 42.5 Å². The van der Waals surface area contributed by atoms with Crippen LogP contribution in [-0.4, -0.2) is 48.2 Å². The van der Waals surface area contributed by atoms with Crippen molar-refractivity contribution in [3.63, 3.8) is 0 Å². The Morgan fingerprint density at radius 1 is 0.492 bits per heavy atom. The smallest absolute Gasteiger partial charge is 0.323 e. The van der Waals surface area contributed by atoms with E-state index in [1.165, 1.54) is 42.5 Å². The number of benzene rings is 7. The summed E-state index contributed by atoms with van der Waals surface area (Å²) in [7, 11) is -9.76. The van der Waals surface area contributed by atoms with Crippen LogP contribution in [0.5, 0.6) is 11.5 Å². The molecule has 0 aliphatic heterocycles. The Morgan fingerprint density at radius 3 is 1.31 bits per heavy atom. The summed E-state index contributed by atoms with van der Waals surface area (Å²) in [5.74, 6) is -1.12. The fourth-order valence-electron chi connectivity index (χ4n) is 6.06. The number of carbonyl (C=O) groups is 2. The minimum atomic E-state index is -4.88. The number of azo groups is 2. The van der Waals surface area contributed by atoms with Gasteiger partial charge in [-0.05, 0) is 108 Å². The van der Waals surface area contributed by atoms with Crippen LogP contribution in [0.15, 0.2) is 158 Å². The third-order valence-corrected chi connectivity index (χ3v) is 10.7. The number of aromatic hydroxyl groups is 2. The molecule has 20 heteroatoms. The SMILES string of the molecule is Cc1ccc(NC(=O)Nc2ccc3c(O)c(N=Nc4ccccc4)c(S(=O)(=O)O)cc3c2)cc1NC(=O)Nc1ccc2c(O)c(N=Nc3ccccc3)c(S(=O)(=O)O)cc2c1. The highest BCUT2D eigenvalue weighted by Gasteiger charge is 2.24. The molecule has 0 bridgehead atoms. The standard InChI is InChI=1S/C41H32N8O10S2/c1-23-12-13-30(44-40(52)42-28-14-16-31-24(18-28)20-34(60(54,55)56)36(38(31)50)48-46-26-8-4-2-5-9-26)22-33(23)45-41(53)43-29-15-17-32-25(19-29)21-35(61(57,58)59)37(39(32)51)49-47-27-10-6-3-7-11-27/h2-22,50-51H,1H3,(H2,42,44,52)(H2,43,45,53)(H,54,55,56)(H,57,58,59). The number of carbonyl (C=O) groups excluding carboxylic acids is 2. The number of amides is 4. The first-order chi connectivity index (χ1) is 29.0. The number of nitrogens with one attached hydrogen (secondary N) is 4. The van der Waals surface area contributed by atoms with Crippen molar-refractivity contribution in [1.29, 1.82) is 0 Å². The number of nitrogens with zero attached hydrogens (tertiary/aromatic N) is 4. The Bertz CT molecular complexity index is 3170. The van der Waals surface area contributed by atoms with Gasteiger partial charge in [-0.2, -0.15) is 27.1 Å². The molecular weight excluding hydrogens is 829 g/mol. The Morgan fingerprint density at radius 2 is 0.885 bits per heavy atom. The van der Waals surface area contributed by atoms with Gasteiger partial charge in [0.15, 0.2) is 11.5 Å². The molecule has 0 aliphatic rings. The number of hydrogen-bond acceptors (Lipinski definition) is 12. The molecule has 0 atom stereocenters. The van der Waals surface area contributed by atoms with Crippen LogP contribution in [0, 0.1) is 6.92 Å². The average molecular weight is 861 g/mol. The molecule has 0 unspecified atom stereocenters. The Labute approximate surface area is 346 Å². The molecule has 308 valence electrons.